The van der Waals surface area contributed by atoms with Crippen LogP contribution in [0.4, 0.5) is 0 Å². The maximum Gasteiger partial charge on any atom is 0.257 e. The van der Waals surface area contributed by atoms with Crippen molar-refractivity contribution in [1.82, 2.24) is 14.5 Å². The quantitative estimate of drug-likeness (QED) is 0.616. The largest absolute Gasteiger partial charge is 0.496 e. The molecule has 2 heterocycles. The average Bonchev–Trinajstić information content (AvgIpc) is 2.88. The smallest absolute Gasteiger partial charge is 0.257 e. The molecule has 0 atom stereocenters. The number of likely N-dealkylation sites (tertiary alicyclic amines) is 2. The van der Waals surface area contributed by atoms with Gasteiger partial charge in [0.15, 0.2) is 0 Å². The SMILES string of the molecule is COc1ccc(S(=O)(=O)NCc2ccccc2CN2CCCCC2)cc1C(=O)N1CCCCC1. The Morgan fingerprint density at radius 2 is 1.56 bits per heavy atom. The van der Waals surface area contributed by atoms with E-state index in [4.69, 9.17) is 4.74 Å². The molecule has 4 rings (SSSR count). The molecule has 7 nitrogen and oxygen atoms in total. The molecule has 0 unspecified atom stereocenters. The van der Waals surface area contributed by atoms with Crippen LogP contribution < -0.4 is 9.46 Å². The second kappa shape index (κ2) is 11.3. The molecule has 2 saturated heterocycles. The molecular weight excluding hydrogens is 450 g/mol. The molecule has 1 amide bonds. The number of methoxy groups -OCH3 is 1. The molecule has 0 spiro atoms. The summed E-state index contributed by atoms with van der Waals surface area (Å²) in [4.78, 5) is 17.4. The molecule has 34 heavy (non-hydrogen) atoms. The normalized spacial score (nSPS) is 17.5. The highest BCUT2D eigenvalue weighted by Crippen LogP contribution is 2.26. The van der Waals surface area contributed by atoms with Crippen molar-refractivity contribution in [2.45, 2.75) is 56.5 Å². The van der Waals surface area contributed by atoms with E-state index >= 15 is 0 Å². The van der Waals surface area contributed by atoms with Crippen LogP contribution in [0.2, 0.25) is 0 Å². The second-order valence-electron chi connectivity index (χ2n) is 9.15. The summed E-state index contributed by atoms with van der Waals surface area (Å²) >= 11 is 0. The Labute approximate surface area is 203 Å². The predicted octanol–water partition coefficient (Wildman–Crippen LogP) is 3.79. The minimum Gasteiger partial charge on any atom is -0.496 e. The number of hydrogen-bond acceptors (Lipinski definition) is 5. The van der Waals surface area contributed by atoms with Crippen LogP contribution in [0.3, 0.4) is 0 Å². The van der Waals surface area contributed by atoms with E-state index in [9.17, 15) is 13.2 Å². The van der Waals surface area contributed by atoms with Gasteiger partial charge in [-0.1, -0.05) is 30.7 Å². The number of carbonyl (C=O) groups is 1. The van der Waals surface area contributed by atoms with Gasteiger partial charge >= 0.3 is 0 Å². The fourth-order valence-electron chi connectivity index (χ4n) is 4.79. The van der Waals surface area contributed by atoms with E-state index in [2.05, 4.69) is 15.7 Å². The van der Waals surface area contributed by atoms with Gasteiger partial charge in [0.2, 0.25) is 10.0 Å². The Hall–Kier alpha value is -2.42. The van der Waals surface area contributed by atoms with Crippen LogP contribution in [0.25, 0.3) is 0 Å². The Kier molecular flexibility index (Phi) is 8.24. The third kappa shape index (κ3) is 5.98. The summed E-state index contributed by atoms with van der Waals surface area (Å²) in [6, 6.07) is 12.5. The highest BCUT2D eigenvalue weighted by molar-refractivity contribution is 7.89. The number of carbonyl (C=O) groups excluding carboxylic acids is 1. The number of nitrogens with zero attached hydrogens (tertiary/aromatic N) is 2. The van der Waals surface area contributed by atoms with Gasteiger partial charge in [-0.2, -0.15) is 0 Å². The average molecular weight is 486 g/mol. The maximum absolute atomic E-state index is 13.2. The van der Waals surface area contributed by atoms with Crippen molar-refractivity contribution in [3.63, 3.8) is 0 Å². The van der Waals surface area contributed by atoms with Gasteiger partial charge in [-0.05, 0) is 74.5 Å². The molecule has 2 fully saturated rings. The van der Waals surface area contributed by atoms with Gasteiger partial charge in [-0.3, -0.25) is 9.69 Å². The molecular formula is C26H35N3O4S. The summed E-state index contributed by atoms with van der Waals surface area (Å²) in [5.41, 5.74) is 2.40. The first kappa shape index (κ1) is 24.7. The first-order valence-corrected chi connectivity index (χ1v) is 13.7. The Bertz CT molecular complexity index is 1090. The lowest BCUT2D eigenvalue weighted by Crippen LogP contribution is -2.36. The maximum atomic E-state index is 13.2. The lowest BCUT2D eigenvalue weighted by molar-refractivity contribution is 0.0720. The van der Waals surface area contributed by atoms with Gasteiger partial charge in [0.05, 0.1) is 17.6 Å². The molecule has 2 aromatic carbocycles. The van der Waals surface area contributed by atoms with Crippen molar-refractivity contribution < 1.29 is 17.9 Å². The zero-order chi connectivity index (χ0) is 24.0. The number of ether oxygens (including phenoxy) is 1. The summed E-state index contributed by atoms with van der Waals surface area (Å²) in [7, 11) is -2.32. The van der Waals surface area contributed by atoms with E-state index < -0.39 is 10.0 Å². The van der Waals surface area contributed by atoms with Crippen LogP contribution in [0.15, 0.2) is 47.4 Å². The molecule has 2 aromatic rings. The van der Waals surface area contributed by atoms with Crippen LogP contribution >= 0.6 is 0 Å². The Balaban J connectivity index is 1.50. The number of benzene rings is 2. The molecule has 0 aromatic heterocycles. The minimum absolute atomic E-state index is 0.0715. The minimum atomic E-state index is -3.81. The first-order valence-electron chi connectivity index (χ1n) is 12.2. The van der Waals surface area contributed by atoms with Crippen LogP contribution in [0, 0.1) is 0 Å². The van der Waals surface area contributed by atoms with Crippen molar-refractivity contribution in [2.24, 2.45) is 0 Å². The fraction of sp³-hybridized carbons (Fsp3) is 0.500. The van der Waals surface area contributed by atoms with Crippen molar-refractivity contribution >= 4 is 15.9 Å². The summed E-state index contributed by atoms with van der Waals surface area (Å²) in [5.74, 6) is 0.210. The van der Waals surface area contributed by atoms with Crippen molar-refractivity contribution in [1.29, 1.82) is 0 Å². The van der Waals surface area contributed by atoms with E-state index in [0.717, 1.165) is 50.0 Å². The molecule has 0 aliphatic carbocycles. The topological polar surface area (TPSA) is 79.0 Å². The zero-order valence-electron chi connectivity index (χ0n) is 20.0. The number of sulfonamides is 1. The highest BCUT2D eigenvalue weighted by atomic mass is 32.2. The number of nitrogens with one attached hydrogen (secondary N) is 1. The number of hydrogen-bond donors (Lipinski definition) is 1. The molecule has 0 bridgehead atoms. The second-order valence-corrected chi connectivity index (χ2v) is 10.9. The highest BCUT2D eigenvalue weighted by Gasteiger charge is 2.24. The molecule has 0 radical (unpaired) electrons. The summed E-state index contributed by atoms with van der Waals surface area (Å²) in [6.45, 7) is 4.57. The number of rotatable bonds is 8. The molecule has 184 valence electrons. The monoisotopic (exact) mass is 485 g/mol. The van der Waals surface area contributed by atoms with E-state index in [0.29, 0.717) is 18.8 Å². The van der Waals surface area contributed by atoms with Gasteiger partial charge in [0, 0.05) is 26.2 Å². The Morgan fingerprint density at radius 3 is 2.24 bits per heavy atom. The molecule has 0 saturated carbocycles. The van der Waals surface area contributed by atoms with Gasteiger partial charge < -0.3 is 9.64 Å². The fourth-order valence-corrected chi connectivity index (χ4v) is 5.82. The number of piperidine rings is 2. The molecule has 2 aliphatic heterocycles. The van der Waals surface area contributed by atoms with Gasteiger partial charge in [-0.15, -0.1) is 0 Å². The summed E-state index contributed by atoms with van der Waals surface area (Å²) in [6.07, 6.45) is 6.74. The lowest BCUT2D eigenvalue weighted by Gasteiger charge is -2.27. The predicted molar refractivity (Wildman–Crippen MR) is 132 cm³/mol. The van der Waals surface area contributed by atoms with Crippen molar-refractivity contribution in [3.8, 4) is 5.75 Å². The van der Waals surface area contributed by atoms with Crippen LogP contribution in [0.1, 0.15) is 60.0 Å². The first-order chi connectivity index (χ1) is 16.5. The molecule has 1 N–H and O–H groups in total. The molecule has 2 aliphatic rings. The van der Waals surface area contributed by atoms with E-state index in [1.807, 2.05) is 18.2 Å². The van der Waals surface area contributed by atoms with Gasteiger partial charge in [0.25, 0.3) is 5.91 Å². The van der Waals surface area contributed by atoms with Crippen LogP contribution in [-0.2, 0) is 23.1 Å². The Morgan fingerprint density at radius 1 is 0.912 bits per heavy atom. The van der Waals surface area contributed by atoms with Crippen molar-refractivity contribution in [2.75, 3.05) is 33.3 Å². The van der Waals surface area contributed by atoms with E-state index in [-0.39, 0.29) is 22.9 Å². The summed E-state index contributed by atoms with van der Waals surface area (Å²) in [5, 5.41) is 0. The van der Waals surface area contributed by atoms with Crippen LogP contribution in [-0.4, -0.2) is 57.4 Å². The van der Waals surface area contributed by atoms with Gasteiger partial charge in [0.1, 0.15) is 5.75 Å². The van der Waals surface area contributed by atoms with Gasteiger partial charge in [-0.25, -0.2) is 13.1 Å². The lowest BCUT2D eigenvalue weighted by atomic mass is 10.1. The number of amides is 1. The summed E-state index contributed by atoms with van der Waals surface area (Å²) < 4.78 is 34.5. The van der Waals surface area contributed by atoms with Crippen LogP contribution in [0.5, 0.6) is 5.75 Å². The third-order valence-corrected chi connectivity index (χ3v) is 8.17. The van der Waals surface area contributed by atoms with E-state index in [1.165, 1.54) is 38.5 Å². The zero-order valence-corrected chi connectivity index (χ0v) is 20.8. The third-order valence-electron chi connectivity index (χ3n) is 6.77. The van der Waals surface area contributed by atoms with Crippen molar-refractivity contribution in [3.05, 3.63) is 59.2 Å². The standard InChI is InChI=1S/C26H35N3O4S/c1-33-25-13-12-23(18-24(25)26(30)29-16-8-3-9-17-29)34(31,32)27-19-21-10-4-5-11-22(21)20-28-14-6-2-7-15-28/h4-5,10-13,18,27H,2-3,6-9,14-17,19-20H2,1H3. The van der Waals surface area contributed by atoms with E-state index in [1.54, 1.807) is 11.0 Å². The molecule has 8 heteroatoms.